The predicted octanol–water partition coefficient (Wildman–Crippen LogP) is 1.52. The Labute approximate surface area is 160 Å². The van der Waals surface area contributed by atoms with Crippen LogP contribution in [0, 0.1) is 0 Å². The average molecular weight is 375 g/mol. The van der Waals surface area contributed by atoms with Gasteiger partial charge in [0.2, 0.25) is 5.91 Å². The van der Waals surface area contributed by atoms with Crippen molar-refractivity contribution in [1.29, 1.82) is 0 Å². The van der Waals surface area contributed by atoms with Crippen LogP contribution in [0.5, 0.6) is 11.5 Å². The van der Waals surface area contributed by atoms with E-state index in [0.29, 0.717) is 49.8 Å². The fourth-order valence-corrected chi connectivity index (χ4v) is 3.93. The number of amides is 2. The van der Waals surface area contributed by atoms with E-state index >= 15 is 0 Å². The summed E-state index contributed by atoms with van der Waals surface area (Å²) in [6.45, 7) is 7.70. The number of nitrogens with zero attached hydrogens (tertiary/aromatic N) is 2. The Morgan fingerprint density at radius 2 is 2.15 bits per heavy atom. The Hall–Kier alpha value is -2.28. The standard InChI is InChI=1S/C20H29N3O4/c1-4-23(5-2)18(24)12-22-10-6-9-20(14-22)13-21-19(25)16-8-7-15(26-3)11-17(16)27-20/h7-8,11H,4-6,9-10,12-14H2,1-3H3,(H,21,25)/t20-/m0/s1. The molecule has 7 heteroatoms. The molecule has 2 aliphatic heterocycles. The van der Waals surface area contributed by atoms with Crippen molar-refractivity contribution in [3.63, 3.8) is 0 Å². The molecule has 0 aliphatic carbocycles. The molecule has 0 bridgehead atoms. The van der Waals surface area contributed by atoms with Gasteiger partial charge in [0.1, 0.15) is 17.1 Å². The smallest absolute Gasteiger partial charge is 0.255 e. The highest BCUT2D eigenvalue weighted by molar-refractivity contribution is 5.97. The van der Waals surface area contributed by atoms with E-state index in [1.54, 1.807) is 25.3 Å². The zero-order valence-electron chi connectivity index (χ0n) is 16.4. The van der Waals surface area contributed by atoms with E-state index in [1.807, 2.05) is 18.7 Å². The lowest BCUT2D eigenvalue weighted by Crippen LogP contribution is -2.58. The van der Waals surface area contributed by atoms with Gasteiger partial charge in [-0.25, -0.2) is 0 Å². The Balaban J connectivity index is 1.78. The van der Waals surface area contributed by atoms with Crippen LogP contribution in [0.15, 0.2) is 18.2 Å². The number of rotatable bonds is 5. The van der Waals surface area contributed by atoms with Crippen molar-refractivity contribution < 1.29 is 19.1 Å². The maximum atomic E-state index is 12.5. The van der Waals surface area contributed by atoms with Crippen LogP contribution in [0.25, 0.3) is 0 Å². The molecule has 1 N–H and O–H groups in total. The minimum Gasteiger partial charge on any atom is -0.497 e. The molecule has 2 heterocycles. The van der Waals surface area contributed by atoms with Crippen molar-refractivity contribution in [2.75, 3.05) is 46.4 Å². The molecule has 27 heavy (non-hydrogen) atoms. The van der Waals surface area contributed by atoms with E-state index in [-0.39, 0.29) is 11.8 Å². The number of hydrogen-bond donors (Lipinski definition) is 1. The number of piperidine rings is 1. The number of carbonyl (C=O) groups is 2. The van der Waals surface area contributed by atoms with Crippen LogP contribution in [0.4, 0.5) is 0 Å². The first-order valence-corrected chi connectivity index (χ1v) is 9.65. The predicted molar refractivity (Wildman–Crippen MR) is 102 cm³/mol. The third kappa shape index (κ3) is 4.18. The Kier molecular flexibility index (Phi) is 5.89. The van der Waals surface area contributed by atoms with Gasteiger partial charge in [0.15, 0.2) is 0 Å². The molecule has 3 rings (SSSR count). The maximum Gasteiger partial charge on any atom is 0.255 e. The number of ether oxygens (including phenoxy) is 2. The second kappa shape index (κ2) is 8.17. The molecule has 1 saturated heterocycles. The fourth-order valence-electron chi connectivity index (χ4n) is 3.93. The number of carbonyl (C=O) groups excluding carboxylic acids is 2. The highest BCUT2D eigenvalue weighted by Gasteiger charge is 2.41. The van der Waals surface area contributed by atoms with Crippen LogP contribution in [0.2, 0.25) is 0 Å². The zero-order chi connectivity index (χ0) is 19.4. The minimum atomic E-state index is -0.533. The number of likely N-dealkylation sites (tertiary alicyclic amines) is 1. The van der Waals surface area contributed by atoms with Crippen LogP contribution < -0.4 is 14.8 Å². The summed E-state index contributed by atoms with van der Waals surface area (Å²) < 4.78 is 11.7. The number of methoxy groups -OCH3 is 1. The van der Waals surface area contributed by atoms with E-state index < -0.39 is 5.60 Å². The Morgan fingerprint density at radius 3 is 2.85 bits per heavy atom. The summed E-state index contributed by atoms with van der Waals surface area (Å²) in [4.78, 5) is 28.9. The first-order valence-electron chi connectivity index (χ1n) is 9.65. The first kappa shape index (κ1) is 19.5. The van der Waals surface area contributed by atoms with Gasteiger partial charge in [-0.3, -0.25) is 14.5 Å². The van der Waals surface area contributed by atoms with Gasteiger partial charge in [-0.05, 0) is 45.4 Å². The van der Waals surface area contributed by atoms with Gasteiger partial charge in [0, 0.05) is 25.7 Å². The largest absolute Gasteiger partial charge is 0.497 e. The minimum absolute atomic E-state index is 0.136. The molecule has 1 aromatic carbocycles. The summed E-state index contributed by atoms with van der Waals surface area (Å²) >= 11 is 0. The quantitative estimate of drug-likeness (QED) is 0.845. The number of nitrogens with one attached hydrogen (secondary N) is 1. The van der Waals surface area contributed by atoms with Gasteiger partial charge in [0.05, 0.1) is 25.8 Å². The lowest BCUT2D eigenvalue weighted by Gasteiger charge is -2.42. The highest BCUT2D eigenvalue weighted by atomic mass is 16.5. The third-order valence-corrected chi connectivity index (χ3v) is 5.42. The molecule has 0 aromatic heterocycles. The van der Waals surface area contributed by atoms with Crippen molar-refractivity contribution in [3.05, 3.63) is 23.8 Å². The van der Waals surface area contributed by atoms with Gasteiger partial charge in [-0.15, -0.1) is 0 Å². The topological polar surface area (TPSA) is 71.1 Å². The molecule has 2 amide bonds. The van der Waals surface area contributed by atoms with Crippen LogP contribution in [-0.4, -0.2) is 73.6 Å². The second-order valence-corrected chi connectivity index (χ2v) is 7.21. The highest BCUT2D eigenvalue weighted by Crippen LogP contribution is 2.34. The maximum absolute atomic E-state index is 12.5. The van der Waals surface area contributed by atoms with Crippen molar-refractivity contribution in [3.8, 4) is 11.5 Å². The molecular weight excluding hydrogens is 346 g/mol. The van der Waals surface area contributed by atoms with Crippen molar-refractivity contribution in [2.45, 2.75) is 32.3 Å². The summed E-state index contributed by atoms with van der Waals surface area (Å²) in [6, 6.07) is 5.25. The summed E-state index contributed by atoms with van der Waals surface area (Å²) in [5, 5.41) is 2.99. The van der Waals surface area contributed by atoms with E-state index in [4.69, 9.17) is 9.47 Å². The molecular formula is C20H29N3O4. The second-order valence-electron chi connectivity index (χ2n) is 7.21. The van der Waals surface area contributed by atoms with E-state index in [2.05, 4.69) is 10.2 Å². The van der Waals surface area contributed by atoms with Crippen LogP contribution in [-0.2, 0) is 4.79 Å². The van der Waals surface area contributed by atoms with Gasteiger partial charge in [-0.2, -0.15) is 0 Å². The van der Waals surface area contributed by atoms with E-state index in [0.717, 1.165) is 19.4 Å². The van der Waals surface area contributed by atoms with Gasteiger partial charge in [-0.1, -0.05) is 0 Å². The van der Waals surface area contributed by atoms with Crippen molar-refractivity contribution in [2.24, 2.45) is 0 Å². The lowest BCUT2D eigenvalue weighted by molar-refractivity contribution is -0.133. The lowest BCUT2D eigenvalue weighted by atomic mass is 9.92. The van der Waals surface area contributed by atoms with Crippen molar-refractivity contribution in [1.82, 2.24) is 15.1 Å². The van der Waals surface area contributed by atoms with Gasteiger partial charge < -0.3 is 19.7 Å². The monoisotopic (exact) mass is 375 g/mol. The number of hydrogen-bond acceptors (Lipinski definition) is 5. The molecule has 148 valence electrons. The summed E-state index contributed by atoms with van der Waals surface area (Å²) in [5.74, 6) is 1.20. The molecule has 0 saturated carbocycles. The van der Waals surface area contributed by atoms with Crippen LogP contribution >= 0.6 is 0 Å². The molecule has 2 aliphatic rings. The Morgan fingerprint density at radius 1 is 1.37 bits per heavy atom. The third-order valence-electron chi connectivity index (χ3n) is 5.42. The van der Waals surface area contributed by atoms with Gasteiger partial charge >= 0.3 is 0 Å². The van der Waals surface area contributed by atoms with E-state index in [1.165, 1.54) is 0 Å². The van der Waals surface area contributed by atoms with E-state index in [9.17, 15) is 9.59 Å². The summed E-state index contributed by atoms with van der Waals surface area (Å²) in [5.41, 5.74) is -0.0151. The fraction of sp³-hybridized carbons (Fsp3) is 0.600. The van der Waals surface area contributed by atoms with Crippen molar-refractivity contribution >= 4 is 11.8 Å². The normalized spacial score (nSPS) is 22.4. The zero-order valence-corrected chi connectivity index (χ0v) is 16.4. The molecule has 1 atom stereocenters. The molecule has 1 spiro atoms. The molecule has 0 unspecified atom stereocenters. The Bertz CT molecular complexity index is 704. The van der Waals surface area contributed by atoms with Gasteiger partial charge in [0.25, 0.3) is 5.91 Å². The first-order chi connectivity index (χ1) is 13.0. The molecule has 7 nitrogen and oxygen atoms in total. The molecule has 0 radical (unpaired) electrons. The number of likely N-dealkylation sites (N-methyl/N-ethyl adjacent to an activating group) is 1. The number of benzene rings is 1. The SMILES string of the molecule is CCN(CC)C(=O)CN1CCC[C@]2(CNC(=O)c3ccc(OC)cc3O2)C1. The molecule has 1 aromatic rings. The number of fused-ring (bicyclic) bond motifs is 1. The summed E-state index contributed by atoms with van der Waals surface area (Å²) in [7, 11) is 1.59. The average Bonchev–Trinajstić information content (AvgIpc) is 2.79. The summed E-state index contributed by atoms with van der Waals surface area (Å²) in [6.07, 6.45) is 1.75. The molecule has 1 fully saturated rings. The van der Waals surface area contributed by atoms with Crippen LogP contribution in [0.3, 0.4) is 0 Å². The van der Waals surface area contributed by atoms with Crippen LogP contribution in [0.1, 0.15) is 37.0 Å².